The van der Waals surface area contributed by atoms with Gasteiger partial charge >= 0.3 is 6.03 Å². The van der Waals surface area contributed by atoms with E-state index in [2.05, 4.69) is 15.3 Å². The second-order valence-corrected chi connectivity index (χ2v) is 5.78. The molecule has 0 aliphatic carbocycles. The number of likely N-dealkylation sites (tertiary alicyclic amines) is 1. The van der Waals surface area contributed by atoms with Crippen LogP contribution >= 0.6 is 0 Å². The Morgan fingerprint density at radius 1 is 1.28 bits per heavy atom. The van der Waals surface area contributed by atoms with Crippen molar-refractivity contribution >= 4 is 6.03 Å². The number of rotatable bonds is 5. The van der Waals surface area contributed by atoms with Crippen LogP contribution in [0.15, 0.2) is 36.7 Å². The Morgan fingerprint density at radius 2 is 2.08 bits per heavy atom. The van der Waals surface area contributed by atoms with Gasteiger partial charge < -0.3 is 19.7 Å². The number of hydrogen-bond acceptors (Lipinski definition) is 5. The SMILES string of the molecule is COc1ccc(OC)c(C2CCCN2C(=O)NCc2ncccn2)c1. The van der Waals surface area contributed by atoms with Crippen molar-refractivity contribution in [3.05, 3.63) is 48.0 Å². The molecule has 1 saturated heterocycles. The predicted octanol–water partition coefficient (Wildman–Crippen LogP) is 2.54. The molecule has 3 rings (SSSR count). The first-order chi connectivity index (χ1) is 12.2. The first kappa shape index (κ1) is 17.0. The van der Waals surface area contributed by atoms with Gasteiger partial charge in [0.1, 0.15) is 17.3 Å². The van der Waals surface area contributed by atoms with Gasteiger partial charge in [0.05, 0.1) is 26.8 Å². The van der Waals surface area contributed by atoms with E-state index in [4.69, 9.17) is 9.47 Å². The summed E-state index contributed by atoms with van der Waals surface area (Å²) in [4.78, 5) is 22.7. The molecule has 1 aliphatic rings. The van der Waals surface area contributed by atoms with E-state index in [-0.39, 0.29) is 12.1 Å². The normalized spacial score (nSPS) is 16.6. The Bertz CT molecular complexity index is 724. The number of aromatic nitrogens is 2. The number of benzene rings is 1. The molecule has 0 radical (unpaired) electrons. The summed E-state index contributed by atoms with van der Waals surface area (Å²) in [6, 6.07) is 7.25. The Morgan fingerprint density at radius 3 is 2.80 bits per heavy atom. The molecule has 1 aromatic carbocycles. The summed E-state index contributed by atoms with van der Waals surface area (Å²) in [5.74, 6) is 2.10. The Hall–Kier alpha value is -2.83. The van der Waals surface area contributed by atoms with Crippen molar-refractivity contribution in [2.75, 3.05) is 20.8 Å². The van der Waals surface area contributed by atoms with Crippen LogP contribution in [-0.4, -0.2) is 41.7 Å². The zero-order chi connectivity index (χ0) is 17.6. The smallest absolute Gasteiger partial charge is 0.318 e. The molecule has 0 bridgehead atoms. The molecule has 2 amide bonds. The van der Waals surface area contributed by atoms with E-state index >= 15 is 0 Å². The lowest BCUT2D eigenvalue weighted by molar-refractivity contribution is 0.191. The number of hydrogen-bond donors (Lipinski definition) is 1. The number of methoxy groups -OCH3 is 2. The van der Waals surface area contributed by atoms with Gasteiger partial charge in [-0.15, -0.1) is 0 Å². The first-order valence-electron chi connectivity index (χ1n) is 8.25. The average molecular weight is 342 g/mol. The molecule has 0 saturated carbocycles. The number of carbonyl (C=O) groups is 1. The molecule has 1 fully saturated rings. The van der Waals surface area contributed by atoms with E-state index in [1.54, 1.807) is 32.7 Å². The molecular formula is C18H22N4O3. The topological polar surface area (TPSA) is 76.6 Å². The van der Waals surface area contributed by atoms with Crippen LogP contribution in [0.1, 0.15) is 30.3 Å². The average Bonchev–Trinajstić information content (AvgIpc) is 3.16. The highest BCUT2D eigenvalue weighted by Gasteiger charge is 2.32. The quantitative estimate of drug-likeness (QED) is 0.903. The predicted molar refractivity (Wildman–Crippen MR) is 92.5 cm³/mol. The van der Waals surface area contributed by atoms with E-state index in [1.165, 1.54) is 0 Å². The number of amides is 2. The Kier molecular flexibility index (Phi) is 5.33. The highest BCUT2D eigenvalue weighted by molar-refractivity contribution is 5.75. The van der Waals surface area contributed by atoms with Crippen molar-refractivity contribution in [3.63, 3.8) is 0 Å². The second-order valence-electron chi connectivity index (χ2n) is 5.78. The molecular weight excluding hydrogens is 320 g/mol. The summed E-state index contributed by atoms with van der Waals surface area (Å²) in [7, 11) is 3.27. The molecule has 1 unspecified atom stereocenters. The van der Waals surface area contributed by atoms with E-state index in [0.717, 1.165) is 29.9 Å². The second kappa shape index (κ2) is 7.83. The molecule has 1 aromatic heterocycles. The van der Waals surface area contributed by atoms with Crippen LogP contribution < -0.4 is 14.8 Å². The van der Waals surface area contributed by atoms with Crippen molar-refractivity contribution in [3.8, 4) is 11.5 Å². The Labute approximate surface area is 147 Å². The maximum atomic E-state index is 12.6. The van der Waals surface area contributed by atoms with Crippen LogP contribution in [0.4, 0.5) is 4.79 Å². The van der Waals surface area contributed by atoms with Crippen LogP contribution in [0.25, 0.3) is 0 Å². The third-order valence-electron chi connectivity index (χ3n) is 4.33. The zero-order valence-electron chi connectivity index (χ0n) is 14.4. The molecule has 7 nitrogen and oxygen atoms in total. The van der Waals surface area contributed by atoms with Crippen LogP contribution in [0, 0.1) is 0 Å². The van der Waals surface area contributed by atoms with Crippen LogP contribution in [0.5, 0.6) is 11.5 Å². The van der Waals surface area contributed by atoms with E-state index in [1.807, 2.05) is 23.1 Å². The largest absolute Gasteiger partial charge is 0.497 e. The van der Waals surface area contributed by atoms with E-state index in [9.17, 15) is 4.79 Å². The fourth-order valence-electron chi connectivity index (χ4n) is 3.11. The lowest BCUT2D eigenvalue weighted by atomic mass is 10.0. The lowest BCUT2D eigenvalue weighted by Crippen LogP contribution is -2.39. The molecule has 2 heterocycles. The highest BCUT2D eigenvalue weighted by atomic mass is 16.5. The van der Waals surface area contributed by atoms with Crippen molar-refractivity contribution < 1.29 is 14.3 Å². The maximum absolute atomic E-state index is 12.6. The molecule has 7 heteroatoms. The van der Waals surface area contributed by atoms with Crippen LogP contribution in [0.3, 0.4) is 0 Å². The zero-order valence-corrected chi connectivity index (χ0v) is 14.4. The molecule has 132 valence electrons. The summed E-state index contributed by atoms with van der Waals surface area (Å²) in [5, 5.41) is 2.90. The monoisotopic (exact) mass is 342 g/mol. The van der Waals surface area contributed by atoms with Gasteiger partial charge in [-0.1, -0.05) is 0 Å². The van der Waals surface area contributed by atoms with Crippen molar-refractivity contribution in [2.45, 2.75) is 25.4 Å². The van der Waals surface area contributed by atoms with Crippen molar-refractivity contribution in [2.24, 2.45) is 0 Å². The molecule has 1 aliphatic heterocycles. The summed E-state index contributed by atoms with van der Waals surface area (Å²) >= 11 is 0. The number of ether oxygens (including phenoxy) is 2. The van der Waals surface area contributed by atoms with Gasteiger partial charge in [0.25, 0.3) is 0 Å². The molecule has 2 aromatic rings. The third kappa shape index (κ3) is 3.81. The maximum Gasteiger partial charge on any atom is 0.318 e. The van der Waals surface area contributed by atoms with Gasteiger partial charge in [-0.2, -0.15) is 0 Å². The Balaban J connectivity index is 1.75. The van der Waals surface area contributed by atoms with Gasteiger partial charge in [0.15, 0.2) is 0 Å². The summed E-state index contributed by atoms with van der Waals surface area (Å²) in [6.45, 7) is 1.00. The number of carbonyl (C=O) groups excluding carboxylic acids is 1. The highest BCUT2D eigenvalue weighted by Crippen LogP contribution is 2.38. The van der Waals surface area contributed by atoms with Gasteiger partial charge in [0, 0.05) is 24.5 Å². The first-order valence-corrected chi connectivity index (χ1v) is 8.25. The molecule has 1 N–H and O–H groups in total. The standard InChI is InChI=1S/C18H22N4O3/c1-24-13-6-7-16(25-2)14(11-13)15-5-3-10-22(15)18(23)21-12-17-19-8-4-9-20-17/h4,6-9,11,15H,3,5,10,12H2,1-2H3,(H,21,23). The number of urea groups is 1. The van der Waals surface area contributed by atoms with Gasteiger partial charge in [-0.05, 0) is 37.1 Å². The summed E-state index contributed by atoms with van der Waals surface area (Å²) < 4.78 is 10.8. The van der Waals surface area contributed by atoms with E-state index in [0.29, 0.717) is 18.9 Å². The minimum Gasteiger partial charge on any atom is -0.497 e. The van der Waals surface area contributed by atoms with Crippen LogP contribution in [-0.2, 0) is 6.54 Å². The van der Waals surface area contributed by atoms with Gasteiger partial charge in [-0.25, -0.2) is 14.8 Å². The number of nitrogens with one attached hydrogen (secondary N) is 1. The van der Waals surface area contributed by atoms with Gasteiger partial charge in [0.2, 0.25) is 0 Å². The molecule has 1 atom stereocenters. The van der Waals surface area contributed by atoms with E-state index < -0.39 is 0 Å². The number of nitrogens with zero attached hydrogens (tertiary/aromatic N) is 3. The summed E-state index contributed by atoms with van der Waals surface area (Å²) in [5.41, 5.74) is 0.963. The van der Waals surface area contributed by atoms with Crippen molar-refractivity contribution in [1.82, 2.24) is 20.2 Å². The minimum atomic E-state index is -0.125. The summed E-state index contributed by atoms with van der Waals surface area (Å²) in [6.07, 6.45) is 5.15. The lowest BCUT2D eigenvalue weighted by Gasteiger charge is -2.26. The van der Waals surface area contributed by atoms with Crippen molar-refractivity contribution in [1.29, 1.82) is 0 Å². The third-order valence-corrected chi connectivity index (χ3v) is 4.33. The molecule has 25 heavy (non-hydrogen) atoms. The fourth-order valence-corrected chi connectivity index (χ4v) is 3.11. The van der Waals surface area contributed by atoms with Crippen LogP contribution in [0.2, 0.25) is 0 Å². The fraction of sp³-hybridized carbons (Fsp3) is 0.389. The van der Waals surface area contributed by atoms with Gasteiger partial charge in [-0.3, -0.25) is 0 Å². The molecule has 0 spiro atoms. The minimum absolute atomic E-state index is 0.0401.